The second-order valence-electron chi connectivity index (χ2n) is 4.41. The molecule has 2 rings (SSSR count). The Kier molecular flexibility index (Phi) is 3.50. The smallest absolute Gasteiger partial charge is 0.180 e. The highest BCUT2D eigenvalue weighted by Crippen LogP contribution is 2.41. The van der Waals surface area contributed by atoms with Crippen LogP contribution in [0, 0.1) is 11.3 Å². The third-order valence-corrected chi connectivity index (χ3v) is 5.45. The van der Waals surface area contributed by atoms with E-state index in [-0.39, 0.29) is 15.5 Å². The molecule has 0 unspecified atom stereocenters. The first-order chi connectivity index (χ1) is 8.45. The van der Waals surface area contributed by atoms with Crippen LogP contribution in [-0.2, 0) is 9.84 Å². The van der Waals surface area contributed by atoms with Gasteiger partial charge in [0.05, 0.1) is 5.69 Å². The van der Waals surface area contributed by atoms with Gasteiger partial charge in [-0.05, 0) is 19.3 Å². The quantitative estimate of drug-likeness (QED) is 0.891. The van der Waals surface area contributed by atoms with Gasteiger partial charge in [0.25, 0.3) is 0 Å². The average Bonchev–Trinajstić information content (AvgIpc) is 2.67. The second-order valence-corrected chi connectivity index (χ2v) is 7.36. The summed E-state index contributed by atoms with van der Waals surface area (Å²) in [5.41, 5.74) is 5.89. The molecule has 1 aromatic rings. The van der Waals surface area contributed by atoms with E-state index in [4.69, 9.17) is 11.0 Å². The average molecular weight is 285 g/mol. The summed E-state index contributed by atoms with van der Waals surface area (Å²) in [5.74, 6) is 0. The van der Waals surface area contributed by atoms with Crippen molar-refractivity contribution < 1.29 is 8.42 Å². The zero-order valence-electron chi connectivity index (χ0n) is 10.1. The Hall–Kier alpha value is -1.26. The number of sulfone groups is 1. The van der Waals surface area contributed by atoms with Crippen LogP contribution in [0.15, 0.2) is 4.90 Å². The van der Waals surface area contributed by atoms with Crippen LogP contribution in [0.5, 0.6) is 0 Å². The van der Waals surface area contributed by atoms with Gasteiger partial charge in [0.1, 0.15) is 20.8 Å². The molecule has 2 heterocycles. The molecule has 0 bridgehead atoms. The van der Waals surface area contributed by atoms with Crippen LogP contribution in [0.1, 0.15) is 24.1 Å². The molecule has 1 aromatic heterocycles. The summed E-state index contributed by atoms with van der Waals surface area (Å²) in [6.07, 6.45) is 4.39. The van der Waals surface area contributed by atoms with Gasteiger partial charge >= 0.3 is 0 Å². The van der Waals surface area contributed by atoms with Crippen molar-refractivity contribution in [3.05, 3.63) is 4.88 Å². The monoisotopic (exact) mass is 285 g/mol. The molecule has 0 amide bonds. The molecule has 1 aliphatic heterocycles. The molecule has 0 atom stereocenters. The minimum atomic E-state index is -3.41. The predicted molar refractivity (Wildman–Crippen MR) is 72.6 cm³/mol. The lowest BCUT2D eigenvalue weighted by Crippen LogP contribution is -2.29. The molecule has 0 saturated carbocycles. The van der Waals surface area contributed by atoms with Gasteiger partial charge in [-0.3, -0.25) is 0 Å². The molecule has 1 fully saturated rings. The van der Waals surface area contributed by atoms with Gasteiger partial charge in [0.2, 0.25) is 0 Å². The first-order valence-corrected chi connectivity index (χ1v) is 8.43. The molecule has 1 saturated heterocycles. The van der Waals surface area contributed by atoms with Crippen LogP contribution in [-0.4, -0.2) is 27.8 Å². The van der Waals surface area contributed by atoms with E-state index in [9.17, 15) is 8.42 Å². The third-order valence-electron chi connectivity index (χ3n) is 3.00. The number of thiophene rings is 1. The number of nitrogens with two attached hydrogens (primary N) is 1. The number of piperidine rings is 1. The van der Waals surface area contributed by atoms with E-state index in [0.717, 1.165) is 38.6 Å². The minimum absolute atomic E-state index is 0.102. The maximum absolute atomic E-state index is 11.8. The van der Waals surface area contributed by atoms with Crippen molar-refractivity contribution >= 4 is 31.9 Å². The number of nitrogen functional groups attached to an aromatic ring is 1. The lowest BCUT2D eigenvalue weighted by molar-refractivity contribution is 0.575. The van der Waals surface area contributed by atoms with Crippen molar-refractivity contribution in [2.45, 2.75) is 24.2 Å². The van der Waals surface area contributed by atoms with Gasteiger partial charge < -0.3 is 10.6 Å². The molecule has 0 aliphatic carbocycles. The van der Waals surface area contributed by atoms with E-state index >= 15 is 0 Å². The van der Waals surface area contributed by atoms with E-state index in [1.165, 1.54) is 11.3 Å². The third kappa shape index (κ3) is 2.31. The van der Waals surface area contributed by atoms with Gasteiger partial charge in [0.15, 0.2) is 9.84 Å². The van der Waals surface area contributed by atoms with Gasteiger partial charge in [0, 0.05) is 19.3 Å². The summed E-state index contributed by atoms with van der Waals surface area (Å²) >= 11 is 1.18. The highest BCUT2D eigenvalue weighted by molar-refractivity contribution is 7.91. The van der Waals surface area contributed by atoms with Gasteiger partial charge in [-0.25, -0.2) is 8.42 Å². The van der Waals surface area contributed by atoms with E-state index in [0.29, 0.717) is 5.00 Å². The summed E-state index contributed by atoms with van der Waals surface area (Å²) in [4.78, 5) is 2.45. The van der Waals surface area contributed by atoms with Crippen LogP contribution in [0.4, 0.5) is 10.7 Å². The van der Waals surface area contributed by atoms with Crippen LogP contribution in [0.2, 0.25) is 0 Å². The maximum Gasteiger partial charge on any atom is 0.180 e. The fourth-order valence-electron chi connectivity index (χ4n) is 2.16. The van der Waals surface area contributed by atoms with Crippen LogP contribution >= 0.6 is 11.3 Å². The lowest BCUT2D eigenvalue weighted by Gasteiger charge is -2.28. The molecule has 2 N–H and O–H groups in total. The normalized spacial score (nSPS) is 16.6. The Morgan fingerprint density at radius 1 is 1.33 bits per heavy atom. The molecule has 0 aromatic carbocycles. The first-order valence-electron chi connectivity index (χ1n) is 5.72. The van der Waals surface area contributed by atoms with Crippen molar-refractivity contribution in [2.75, 3.05) is 30.0 Å². The SMILES string of the molecule is CS(=O)(=O)c1c(N2CCCCC2)sc(C#N)c1N. The zero-order valence-corrected chi connectivity index (χ0v) is 11.8. The lowest BCUT2D eigenvalue weighted by atomic mass is 10.1. The molecule has 5 nitrogen and oxygen atoms in total. The molecular weight excluding hydrogens is 270 g/mol. The molecule has 1 aliphatic rings. The maximum atomic E-state index is 11.8. The fourth-order valence-corrected chi connectivity index (χ4v) is 4.72. The minimum Gasteiger partial charge on any atom is -0.396 e. The van der Waals surface area contributed by atoms with Gasteiger partial charge in [-0.2, -0.15) is 5.26 Å². The zero-order chi connectivity index (χ0) is 13.3. The predicted octanol–water partition coefficient (Wildman–Crippen LogP) is 1.60. The van der Waals surface area contributed by atoms with Crippen molar-refractivity contribution in [3.8, 4) is 6.07 Å². The molecule has 0 spiro atoms. The number of nitrogens with zero attached hydrogens (tertiary/aromatic N) is 2. The van der Waals surface area contributed by atoms with Crippen molar-refractivity contribution in [3.63, 3.8) is 0 Å². The number of hydrogen-bond acceptors (Lipinski definition) is 6. The van der Waals surface area contributed by atoms with Crippen LogP contribution < -0.4 is 10.6 Å². The molecule has 98 valence electrons. The first kappa shape index (κ1) is 13.2. The van der Waals surface area contributed by atoms with E-state index in [1.54, 1.807) is 0 Å². The number of hydrogen-bond donors (Lipinski definition) is 1. The summed E-state index contributed by atoms with van der Waals surface area (Å²) < 4.78 is 23.7. The van der Waals surface area contributed by atoms with Gasteiger partial charge in [-0.15, -0.1) is 11.3 Å². The topological polar surface area (TPSA) is 87.2 Å². The second kappa shape index (κ2) is 4.78. The van der Waals surface area contributed by atoms with Crippen LogP contribution in [0.25, 0.3) is 0 Å². The Balaban J connectivity index is 2.56. The van der Waals surface area contributed by atoms with Crippen LogP contribution in [0.3, 0.4) is 0 Å². The number of anilines is 2. The van der Waals surface area contributed by atoms with E-state index < -0.39 is 9.84 Å². The largest absolute Gasteiger partial charge is 0.396 e. The van der Waals surface area contributed by atoms with Crippen molar-refractivity contribution in [1.29, 1.82) is 5.26 Å². The summed E-state index contributed by atoms with van der Waals surface area (Å²) in [7, 11) is -3.41. The Bertz CT molecular complexity index is 593. The number of nitriles is 1. The standard InChI is InChI=1S/C11H15N3O2S2/c1-18(15,16)10-9(13)8(7-12)17-11(10)14-5-3-2-4-6-14/h2-6,13H2,1H3. The molecule has 18 heavy (non-hydrogen) atoms. The molecule has 0 radical (unpaired) electrons. The molecular formula is C11H15N3O2S2. The Labute approximate surface area is 111 Å². The highest BCUT2D eigenvalue weighted by Gasteiger charge is 2.27. The summed E-state index contributed by atoms with van der Waals surface area (Å²) in [6, 6.07) is 1.97. The number of rotatable bonds is 2. The van der Waals surface area contributed by atoms with Crippen molar-refractivity contribution in [1.82, 2.24) is 0 Å². The van der Waals surface area contributed by atoms with Crippen molar-refractivity contribution in [2.24, 2.45) is 0 Å². The van der Waals surface area contributed by atoms with Gasteiger partial charge in [-0.1, -0.05) is 0 Å². The highest BCUT2D eigenvalue weighted by atomic mass is 32.2. The summed E-state index contributed by atoms with van der Waals surface area (Å²) in [5, 5.41) is 9.62. The van der Waals surface area contributed by atoms with E-state index in [2.05, 4.69) is 0 Å². The molecule has 7 heteroatoms. The fraction of sp³-hybridized carbons (Fsp3) is 0.545. The Morgan fingerprint density at radius 2 is 1.94 bits per heavy atom. The Morgan fingerprint density at radius 3 is 2.44 bits per heavy atom. The summed E-state index contributed by atoms with van der Waals surface area (Å²) in [6.45, 7) is 1.65. The van der Waals surface area contributed by atoms with E-state index in [1.807, 2.05) is 11.0 Å².